The van der Waals surface area contributed by atoms with Gasteiger partial charge in [0.15, 0.2) is 0 Å². The summed E-state index contributed by atoms with van der Waals surface area (Å²) >= 11 is 0. The molecule has 0 aliphatic heterocycles. The molecule has 2 rings (SSSR count). The van der Waals surface area contributed by atoms with Gasteiger partial charge in [-0.15, -0.1) is 0 Å². The molecule has 110 valence electrons. The van der Waals surface area contributed by atoms with Gasteiger partial charge in [0.2, 0.25) is 0 Å². The van der Waals surface area contributed by atoms with Crippen LogP contribution in [0.25, 0.3) is 0 Å². The van der Waals surface area contributed by atoms with Crippen LogP contribution >= 0.6 is 0 Å². The highest BCUT2D eigenvalue weighted by atomic mass is 19.1. The van der Waals surface area contributed by atoms with E-state index in [0.29, 0.717) is 11.3 Å². The maximum atomic E-state index is 13.7. The largest absolute Gasteiger partial charge is 0.480 e. The molecular weight excluding hydrogens is 277 g/mol. The Balaban J connectivity index is 2.12. The van der Waals surface area contributed by atoms with Crippen molar-refractivity contribution in [3.8, 4) is 0 Å². The monoisotopic (exact) mass is 291 g/mol. The maximum absolute atomic E-state index is 13.7. The van der Waals surface area contributed by atoms with Gasteiger partial charge in [-0.3, -0.25) is 4.79 Å². The molecule has 0 aliphatic carbocycles. The third-order valence-corrected chi connectivity index (χ3v) is 2.95. The van der Waals surface area contributed by atoms with Gasteiger partial charge in [0.1, 0.15) is 11.9 Å². The van der Waals surface area contributed by atoms with Crippen molar-refractivity contribution in [2.24, 2.45) is 0 Å². The number of halogens is 1. The van der Waals surface area contributed by atoms with Gasteiger partial charge in [-0.25, -0.2) is 14.2 Å². The minimum Gasteiger partial charge on any atom is -0.480 e. The van der Waals surface area contributed by atoms with Crippen molar-refractivity contribution in [2.45, 2.75) is 19.4 Å². The molecule has 0 saturated carbocycles. The Morgan fingerprint density at radius 3 is 2.81 bits per heavy atom. The lowest BCUT2D eigenvalue weighted by molar-refractivity contribution is -0.139. The summed E-state index contributed by atoms with van der Waals surface area (Å²) in [5.74, 6) is -2.65. The van der Waals surface area contributed by atoms with Crippen molar-refractivity contribution in [2.75, 3.05) is 0 Å². The molecule has 7 heteroatoms. The number of aromatic amines is 1. The zero-order valence-corrected chi connectivity index (χ0v) is 11.3. The van der Waals surface area contributed by atoms with Crippen LogP contribution in [0, 0.1) is 12.7 Å². The molecule has 1 atom stereocenters. The number of nitrogens with one attached hydrogen (secondary N) is 2. The zero-order valence-electron chi connectivity index (χ0n) is 11.3. The first-order valence-electron chi connectivity index (χ1n) is 6.24. The van der Waals surface area contributed by atoms with Crippen molar-refractivity contribution in [3.63, 3.8) is 0 Å². The number of aryl methyl sites for hydroxylation is 1. The van der Waals surface area contributed by atoms with Gasteiger partial charge in [-0.2, -0.15) is 0 Å². The molecule has 2 aromatic rings. The molecule has 0 saturated heterocycles. The number of rotatable bonds is 5. The van der Waals surface area contributed by atoms with Gasteiger partial charge in [-0.05, 0) is 24.6 Å². The maximum Gasteiger partial charge on any atom is 0.326 e. The molecule has 1 aromatic carbocycles. The van der Waals surface area contributed by atoms with E-state index in [2.05, 4.69) is 15.3 Å². The molecule has 0 fully saturated rings. The lowest BCUT2D eigenvalue weighted by Gasteiger charge is -2.14. The summed E-state index contributed by atoms with van der Waals surface area (Å²) in [6.07, 6.45) is 2.92. The molecule has 21 heavy (non-hydrogen) atoms. The molecule has 0 aliphatic rings. The molecule has 0 radical (unpaired) electrons. The standard InChI is InChI=1S/C14H14FN3O3/c1-8-2-3-10(11(15)4-8)13(19)18-12(14(20)21)5-9-6-16-7-17-9/h2-4,6-7,12H,5H2,1H3,(H,16,17)(H,18,19)(H,20,21)/t12-/m0/s1. The van der Waals surface area contributed by atoms with Gasteiger partial charge in [-0.1, -0.05) is 6.07 Å². The molecule has 1 aromatic heterocycles. The van der Waals surface area contributed by atoms with Crippen LogP contribution in [-0.4, -0.2) is 33.0 Å². The molecule has 1 heterocycles. The number of carbonyl (C=O) groups is 2. The second-order valence-electron chi connectivity index (χ2n) is 4.63. The van der Waals surface area contributed by atoms with Crippen LogP contribution in [0.2, 0.25) is 0 Å². The summed E-state index contributed by atoms with van der Waals surface area (Å²) in [4.78, 5) is 29.7. The Morgan fingerprint density at radius 2 is 2.24 bits per heavy atom. The van der Waals surface area contributed by atoms with E-state index < -0.39 is 23.7 Å². The Labute approximate surface area is 120 Å². The highest BCUT2D eigenvalue weighted by Crippen LogP contribution is 2.10. The first kappa shape index (κ1) is 14.7. The second-order valence-corrected chi connectivity index (χ2v) is 4.63. The van der Waals surface area contributed by atoms with E-state index >= 15 is 0 Å². The molecular formula is C14H14FN3O3. The normalized spacial score (nSPS) is 11.9. The van der Waals surface area contributed by atoms with Crippen molar-refractivity contribution in [1.82, 2.24) is 15.3 Å². The number of nitrogens with zero attached hydrogens (tertiary/aromatic N) is 1. The number of carboxylic acid groups (broad SMARTS) is 1. The fourth-order valence-electron chi connectivity index (χ4n) is 1.86. The van der Waals surface area contributed by atoms with E-state index in [1.165, 1.54) is 24.7 Å². The lowest BCUT2D eigenvalue weighted by Crippen LogP contribution is -2.42. The topological polar surface area (TPSA) is 95.1 Å². The van der Waals surface area contributed by atoms with Crippen LogP contribution in [0.3, 0.4) is 0 Å². The van der Waals surface area contributed by atoms with Crippen LogP contribution in [0.4, 0.5) is 4.39 Å². The Morgan fingerprint density at radius 1 is 1.48 bits per heavy atom. The van der Waals surface area contributed by atoms with Gasteiger partial charge in [0, 0.05) is 18.3 Å². The van der Waals surface area contributed by atoms with Gasteiger partial charge >= 0.3 is 5.97 Å². The number of benzene rings is 1. The van der Waals surface area contributed by atoms with E-state index in [9.17, 15) is 14.0 Å². The smallest absolute Gasteiger partial charge is 0.326 e. The highest BCUT2D eigenvalue weighted by Gasteiger charge is 2.23. The number of hydrogen-bond acceptors (Lipinski definition) is 3. The van der Waals surface area contributed by atoms with E-state index in [1.54, 1.807) is 13.0 Å². The quantitative estimate of drug-likeness (QED) is 0.773. The fourth-order valence-corrected chi connectivity index (χ4v) is 1.86. The lowest BCUT2D eigenvalue weighted by atomic mass is 10.1. The van der Waals surface area contributed by atoms with E-state index in [1.807, 2.05) is 0 Å². The zero-order chi connectivity index (χ0) is 15.4. The van der Waals surface area contributed by atoms with E-state index in [4.69, 9.17) is 5.11 Å². The van der Waals surface area contributed by atoms with Crippen LogP contribution in [0.5, 0.6) is 0 Å². The number of carboxylic acids is 1. The summed E-state index contributed by atoms with van der Waals surface area (Å²) in [5.41, 5.74) is 1.06. The molecule has 0 spiro atoms. The minimum atomic E-state index is -1.20. The third-order valence-electron chi connectivity index (χ3n) is 2.95. The van der Waals surface area contributed by atoms with Crippen LogP contribution in [-0.2, 0) is 11.2 Å². The summed E-state index contributed by atoms with van der Waals surface area (Å²) in [6.45, 7) is 1.70. The van der Waals surface area contributed by atoms with Crippen LogP contribution in [0.1, 0.15) is 21.6 Å². The molecule has 0 bridgehead atoms. The van der Waals surface area contributed by atoms with Crippen LogP contribution < -0.4 is 5.32 Å². The molecule has 0 unspecified atom stereocenters. The number of carbonyl (C=O) groups excluding carboxylic acids is 1. The average Bonchev–Trinajstić information content (AvgIpc) is 2.90. The number of H-pyrrole nitrogens is 1. The highest BCUT2D eigenvalue weighted by molar-refractivity contribution is 5.96. The van der Waals surface area contributed by atoms with Crippen molar-refractivity contribution in [1.29, 1.82) is 0 Å². The number of amides is 1. The first-order valence-corrected chi connectivity index (χ1v) is 6.24. The van der Waals surface area contributed by atoms with Gasteiger partial charge in [0.25, 0.3) is 5.91 Å². The van der Waals surface area contributed by atoms with E-state index in [-0.39, 0.29) is 12.0 Å². The van der Waals surface area contributed by atoms with Gasteiger partial charge < -0.3 is 15.4 Å². The predicted octanol–water partition coefficient (Wildman–Crippen LogP) is 1.28. The van der Waals surface area contributed by atoms with Crippen molar-refractivity contribution in [3.05, 3.63) is 53.4 Å². The summed E-state index contributed by atoms with van der Waals surface area (Å²) < 4.78 is 13.7. The molecule has 6 nitrogen and oxygen atoms in total. The SMILES string of the molecule is Cc1ccc(C(=O)N[C@@H](Cc2cnc[nH]2)C(=O)O)c(F)c1. The van der Waals surface area contributed by atoms with Crippen LogP contribution in [0.15, 0.2) is 30.7 Å². The van der Waals surface area contributed by atoms with Crippen molar-refractivity contribution >= 4 is 11.9 Å². The third kappa shape index (κ3) is 3.65. The summed E-state index contributed by atoms with van der Waals surface area (Å²) in [7, 11) is 0. The summed E-state index contributed by atoms with van der Waals surface area (Å²) in [6, 6.07) is 2.97. The number of hydrogen-bond donors (Lipinski definition) is 3. The van der Waals surface area contributed by atoms with Crippen molar-refractivity contribution < 1.29 is 19.1 Å². The Kier molecular flexibility index (Phi) is 4.32. The number of aliphatic carboxylic acids is 1. The molecule has 3 N–H and O–H groups in total. The number of imidazole rings is 1. The Hall–Kier alpha value is -2.70. The predicted molar refractivity (Wildman–Crippen MR) is 72.3 cm³/mol. The summed E-state index contributed by atoms with van der Waals surface area (Å²) in [5, 5.41) is 11.4. The first-order chi connectivity index (χ1) is 9.97. The minimum absolute atomic E-state index is 0.0363. The second kappa shape index (κ2) is 6.17. The van der Waals surface area contributed by atoms with Gasteiger partial charge in [0.05, 0.1) is 11.9 Å². The average molecular weight is 291 g/mol. The van der Waals surface area contributed by atoms with E-state index in [0.717, 1.165) is 0 Å². The Bertz CT molecular complexity index is 655. The molecule has 1 amide bonds. The number of aromatic nitrogens is 2. The fraction of sp³-hybridized carbons (Fsp3) is 0.214.